The van der Waals surface area contributed by atoms with E-state index in [1.165, 1.54) is 0 Å². The van der Waals surface area contributed by atoms with E-state index in [2.05, 4.69) is 16.9 Å². The second-order valence-corrected chi connectivity index (χ2v) is 3.27. The van der Waals surface area contributed by atoms with Crippen LogP contribution in [0.2, 0.25) is 0 Å². The molecule has 0 bridgehead atoms. The monoisotopic (exact) mass is 180 g/mol. The van der Waals surface area contributed by atoms with Crippen LogP contribution in [0.4, 0.5) is 0 Å². The molecule has 13 heavy (non-hydrogen) atoms. The SMILES string of the molecule is C=C(C)Cn1nnc(CCN)c1C. The van der Waals surface area contributed by atoms with Gasteiger partial charge in [0.15, 0.2) is 0 Å². The minimum absolute atomic E-state index is 0.618. The van der Waals surface area contributed by atoms with Gasteiger partial charge in [0.25, 0.3) is 0 Å². The fourth-order valence-electron chi connectivity index (χ4n) is 1.17. The Bertz CT molecular complexity index is 301. The Labute approximate surface area is 78.4 Å². The van der Waals surface area contributed by atoms with Crippen molar-refractivity contribution in [3.63, 3.8) is 0 Å². The van der Waals surface area contributed by atoms with Crippen molar-refractivity contribution in [2.24, 2.45) is 5.73 Å². The molecular formula is C9H16N4. The molecule has 0 spiro atoms. The highest BCUT2D eigenvalue weighted by molar-refractivity contribution is 5.09. The lowest BCUT2D eigenvalue weighted by atomic mass is 10.2. The molecule has 0 saturated heterocycles. The van der Waals surface area contributed by atoms with Gasteiger partial charge < -0.3 is 5.73 Å². The molecule has 0 radical (unpaired) electrons. The summed E-state index contributed by atoms with van der Waals surface area (Å²) in [7, 11) is 0. The van der Waals surface area contributed by atoms with Gasteiger partial charge in [0, 0.05) is 6.42 Å². The van der Waals surface area contributed by atoms with Crippen LogP contribution in [0, 0.1) is 6.92 Å². The molecule has 0 aliphatic rings. The lowest BCUT2D eigenvalue weighted by molar-refractivity contribution is 0.627. The molecule has 1 heterocycles. The van der Waals surface area contributed by atoms with Crippen LogP contribution in [-0.2, 0) is 13.0 Å². The van der Waals surface area contributed by atoms with E-state index in [1.807, 2.05) is 18.5 Å². The Morgan fingerprint density at radius 3 is 2.85 bits per heavy atom. The van der Waals surface area contributed by atoms with Crippen molar-refractivity contribution in [2.45, 2.75) is 26.8 Å². The lowest BCUT2D eigenvalue weighted by Crippen LogP contribution is -2.06. The average Bonchev–Trinajstić information content (AvgIpc) is 2.36. The molecule has 0 amide bonds. The van der Waals surface area contributed by atoms with Crippen LogP contribution in [0.5, 0.6) is 0 Å². The molecule has 0 unspecified atom stereocenters. The number of hydrogen-bond donors (Lipinski definition) is 1. The summed E-state index contributed by atoms with van der Waals surface area (Å²) in [5.74, 6) is 0. The maximum atomic E-state index is 5.45. The van der Waals surface area contributed by atoms with Gasteiger partial charge in [-0.2, -0.15) is 0 Å². The first kappa shape index (κ1) is 9.92. The van der Waals surface area contributed by atoms with E-state index in [9.17, 15) is 0 Å². The zero-order valence-electron chi connectivity index (χ0n) is 8.25. The standard InChI is InChI=1S/C9H16N4/c1-7(2)6-13-8(3)9(4-5-10)11-12-13/h1,4-6,10H2,2-3H3. The Hall–Kier alpha value is -1.16. The second kappa shape index (κ2) is 4.18. The summed E-state index contributed by atoms with van der Waals surface area (Å²) in [5.41, 5.74) is 8.60. The summed E-state index contributed by atoms with van der Waals surface area (Å²) in [6, 6.07) is 0. The Kier molecular flexibility index (Phi) is 3.19. The van der Waals surface area contributed by atoms with Gasteiger partial charge >= 0.3 is 0 Å². The molecule has 0 fully saturated rings. The Morgan fingerprint density at radius 1 is 1.62 bits per heavy atom. The average molecular weight is 180 g/mol. The lowest BCUT2D eigenvalue weighted by Gasteiger charge is -2.01. The van der Waals surface area contributed by atoms with E-state index in [-0.39, 0.29) is 0 Å². The number of allylic oxidation sites excluding steroid dienone is 1. The quantitative estimate of drug-likeness (QED) is 0.693. The number of hydrogen-bond acceptors (Lipinski definition) is 3. The van der Waals surface area contributed by atoms with Gasteiger partial charge in [0.1, 0.15) is 0 Å². The second-order valence-electron chi connectivity index (χ2n) is 3.27. The van der Waals surface area contributed by atoms with Crippen molar-refractivity contribution in [1.29, 1.82) is 0 Å². The van der Waals surface area contributed by atoms with E-state index in [0.29, 0.717) is 6.54 Å². The summed E-state index contributed by atoms with van der Waals surface area (Å²) in [6.45, 7) is 9.17. The van der Waals surface area contributed by atoms with Crippen molar-refractivity contribution in [3.8, 4) is 0 Å². The molecule has 4 nitrogen and oxygen atoms in total. The highest BCUT2D eigenvalue weighted by atomic mass is 15.4. The summed E-state index contributed by atoms with van der Waals surface area (Å²) < 4.78 is 1.85. The minimum atomic E-state index is 0.618. The summed E-state index contributed by atoms with van der Waals surface area (Å²) >= 11 is 0. The molecule has 0 saturated carbocycles. The maximum Gasteiger partial charge on any atom is 0.0868 e. The van der Waals surface area contributed by atoms with E-state index in [1.54, 1.807) is 0 Å². The molecule has 0 aliphatic heterocycles. The van der Waals surface area contributed by atoms with Crippen LogP contribution >= 0.6 is 0 Å². The van der Waals surface area contributed by atoms with Gasteiger partial charge in [-0.15, -0.1) is 5.10 Å². The van der Waals surface area contributed by atoms with Crippen LogP contribution < -0.4 is 5.73 Å². The van der Waals surface area contributed by atoms with Crippen LogP contribution in [0.25, 0.3) is 0 Å². The van der Waals surface area contributed by atoms with E-state index >= 15 is 0 Å². The molecule has 72 valence electrons. The molecule has 0 aromatic carbocycles. The zero-order valence-corrected chi connectivity index (χ0v) is 8.25. The predicted molar refractivity (Wildman–Crippen MR) is 52.3 cm³/mol. The van der Waals surface area contributed by atoms with Crippen molar-refractivity contribution in [3.05, 3.63) is 23.5 Å². The van der Waals surface area contributed by atoms with Crippen LogP contribution in [0.3, 0.4) is 0 Å². The molecule has 0 aliphatic carbocycles. The maximum absolute atomic E-state index is 5.45. The predicted octanol–water partition coefficient (Wildman–Crippen LogP) is 0.664. The van der Waals surface area contributed by atoms with Crippen LogP contribution in [0.15, 0.2) is 12.2 Å². The van der Waals surface area contributed by atoms with Crippen molar-refractivity contribution < 1.29 is 0 Å². The van der Waals surface area contributed by atoms with E-state index in [0.717, 1.165) is 29.9 Å². The fourth-order valence-corrected chi connectivity index (χ4v) is 1.17. The molecule has 1 aromatic rings. The smallest absolute Gasteiger partial charge is 0.0868 e. The topological polar surface area (TPSA) is 56.7 Å². The van der Waals surface area contributed by atoms with Crippen molar-refractivity contribution >= 4 is 0 Å². The Balaban J connectivity index is 2.79. The van der Waals surface area contributed by atoms with Gasteiger partial charge in [0.05, 0.1) is 17.9 Å². The molecule has 2 N–H and O–H groups in total. The van der Waals surface area contributed by atoms with E-state index < -0.39 is 0 Å². The van der Waals surface area contributed by atoms with Crippen molar-refractivity contribution in [1.82, 2.24) is 15.0 Å². The number of nitrogens with zero attached hydrogens (tertiary/aromatic N) is 3. The third-order valence-electron chi connectivity index (χ3n) is 1.88. The number of rotatable bonds is 4. The van der Waals surface area contributed by atoms with E-state index in [4.69, 9.17) is 5.73 Å². The molecular weight excluding hydrogens is 164 g/mol. The molecule has 0 atom stereocenters. The van der Waals surface area contributed by atoms with Crippen molar-refractivity contribution in [2.75, 3.05) is 6.54 Å². The van der Waals surface area contributed by atoms with Gasteiger partial charge in [-0.25, -0.2) is 4.68 Å². The molecule has 4 heteroatoms. The third kappa shape index (κ3) is 2.39. The Morgan fingerprint density at radius 2 is 2.31 bits per heavy atom. The first-order chi connectivity index (χ1) is 6.15. The van der Waals surface area contributed by atoms with Gasteiger partial charge in [0.2, 0.25) is 0 Å². The molecule has 1 aromatic heterocycles. The van der Waals surface area contributed by atoms with Crippen LogP contribution in [0.1, 0.15) is 18.3 Å². The van der Waals surface area contributed by atoms with Gasteiger partial charge in [-0.3, -0.25) is 0 Å². The first-order valence-electron chi connectivity index (χ1n) is 4.38. The fraction of sp³-hybridized carbons (Fsp3) is 0.556. The van der Waals surface area contributed by atoms with Gasteiger partial charge in [-0.1, -0.05) is 17.4 Å². The normalized spacial score (nSPS) is 10.4. The number of aromatic nitrogens is 3. The van der Waals surface area contributed by atoms with Crippen LogP contribution in [-0.4, -0.2) is 21.5 Å². The first-order valence-corrected chi connectivity index (χ1v) is 4.38. The van der Waals surface area contributed by atoms with Gasteiger partial charge in [-0.05, 0) is 20.4 Å². The number of nitrogens with two attached hydrogens (primary N) is 1. The summed E-state index contributed by atoms with van der Waals surface area (Å²) in [6.07, 6.45) is 0.794. The molecule has 1 rings (SSSR count). The third-order valence-corrected chi connectivity index (χ3v) is 1.88. The highest BCUT2D eigenvalue weighted by Crippen LogP contribution is 2.05. The minimum Gasteiger partial charge on any atom is -0.330 e. The largest absolute Gasteiger partial charge is 0.330 e. The summed E-state index contributed by atoms with van der Waals surface area (Å²) in [4.78, 5) is 0. The zero-order chi connectivity index (χ0) is 9.84. The summed E-state index contributed by atoms with van der Waals surface area (Å²) in [5, 5.41) is 8.08. The highest BCUT2D eigenvalue weighted by Gasteiger charge is 2.06.